The van der Waals surface area contributed by atoms with E-state index in [9.17, 15) is 0 Å². The monoisotopic (exact) mass is 203 g/mol. The van der Waals surface area contributed by atoms with Gasteiger partial charge in [0, 0.05) is 31.9 Å². The van der Waals surface area contributed by atoms with E-state index in [1.54, 1.807) is 6.33 Å². The molecule has 1 unspecified atom stereocenters. The molecule has 1 aliphatic rings. The van der Waals surface area contributed by atoms with E-state index in [-0.39, 0.29) is 6.04 Å². The summed E-state index contributed by atoms with van der Waals surface area (Å²) in [7, 11) is 1.98. The summed E-state index contributed by atoms with van der Waals surface area (Å²) >= 11 is 0. The molecule has 0 amide bonds. The predicted octanol–water partition coefficient (Wildman–Crippen LogP) is 0.378. The Morgan fingerprint density at radius 1 is 1.47 bits per heavy atom. The zero-order valence-electron chi connectivity index (χ0n) is 8.57. The van der Waals surface area contributed by atoms with Gasteiger partial charge in [0.2, 0.25) is 0 Å². The summed E-state index contributed by atoms with van der Waals surface area (Å²) in [6.45, 7) is 0.969. The summed E-state index contributed by atoms with van der Waals surface area (Å²) in [6.07, 6.45) is 6.62. The highest BCUT2D eigenvalue weighted by Crippen LogP contribution is 2.24. The van der Waals surface area contributed by atoms with Crippen molar-refractivity contribution in [3.63, 3.8) is 0 Å². The van der Waals surface area contributed by atoms with Gasteiger partial charge >= 0.3 is 0 Å². The molecule has 0 bridgehead atoms. The molecule has 3 heterocycles. The molecule has 0 aromatic carbocycles. The Morgan fingerprint density at radius 3 is 3.20 bits per heavy atom. The third-order valence-electron chi connectivity index (χ3n) is 2.77. The SMILES string of the molecule is Cn1cnc(C2NCCc3[nH]cnc32)c1. The number of aryl methyl sites for hydroxylation is 1. The van der Waals surface area contributed by atoms with Crippen molar-refractivity contribution in [1.29, 1.82) is 0 Å². The molecule has 78 valence electrons. The smallest absolute Gasteiger partial charge is 0.0959 e. The fourth-order valence-corrected chi connectivity index (χ4v) is 2.05. The van der Waals surface area contributed by atoms with Gasteiger partial charge in [-0.3, -0.25) is 0 Å². The molecule has 0 fully saturated rings. The molecule has 0 saturated heterocycles. The first-order valence-corrected chi connectivity index (χ1v) is 5.08. The van der Waals surface area contributed by atoms with Crippen molar-refractivity contribution in [2.45, 2.75) is 12.5 Å². The summed E-state index contributed by atoms with van der Waals surface area (Å²) in [5, 5.41) is 3.43. The Balaban J connectivity index is 2.02. The largest absolute Gasteiger partial charge is 0.348 e. The lowest BCUT2D eigenvalue weighted by atomic mass is 10.0. The van der Waals surface area contributed by atoms with Gasteiger partial charge in [0.25, 0.3) is 0 Å². The number of aromatic nitrogens is 4. The topological polar surface area (TPSA) is 58.5 Å². The number of imidazole rings is 2. The number of H-pyrrole nitrogens is 1. The van der Waals surface area contributed by atoms with Crippen molar-refractivity contribution in [1.82, 2.24) is 24.8 Å². The van der Waals surface area contributed by atoms with Crippen molar-refractivity contribution in [3.05, 3.63) is 35.9 Å². The summed E-state index contributed by atoms with van der Waals surface area (Å²) in [5.41, 5.74) is 3.34. The number of nitrogens with one attached hydrogen (secondary N) is 2. The number of nitrogens with zero attached hydrogens (tertiary/aromatic N) is 3. The van der Waals surface area contributed by atoms with Crippen molar-refractivity contribution in [2.75, 3.05) is 6.54 Å². The second kappa shape index (κ2) is 3.20. The Hall–Kier alpha value is -1.62. The quantitative estimate of drug-likeness (QED) is 0.704. The van der Waals surface area contributed by atoms with Crippen LogP contribution in [-0.4, -0.2) is 26.1 Å². The molecular weight excluding hydrogens is 190 g/mol. The molecule has 1 atom stereocenters. The summed E-state index contributed by atoms with van der Waals surface area (Å²) < 4.78 is 1.96. The highest BCUT2D eigenvalue weighted by Gasteiger charge is 2.24. The van der Waals surface area contributed by atoms with Crippen LogP contribution < -0.4 is 5.32 Å². The van der Waals surface area contributed by atoms with Gasteiger partial charge in [-0.2, -0.15) is 0 Å². The number of hydrogen-bond donors (Lipinski definition) is 2. The van der Waals surface area contributed by atoms with E-state index in [0.717, 1.165) is 24.4 Å². The third kappa shape index (κ3) is 1.35. The maximum atomic E-state index is 4.36. The van der Waals surface area contributed by atoms with Crippen LogP contribution in [0.15, 0.2) is 18.9 Å². The standard InChI is InChI=1S/C10H13N5/c1-15-4-8(14-6-15)10-9-7(2-3-11-10)12-5-13-9/h4-6,10-11H,2-3H2,1H3,(H,12,13). The lowest BCUT2D eigenvalue weighted by molar-refractivity contribution is 0.544. The van der Waals surface area contributed by atoms with Crippen LogP contribution in [0.3, 0.4) is 0 Å². The first-order chi connectivity index (χ1) is 7.34. The van der Waals surface area contributed by atoms with Crippen LogP contribution in [0, 0.1) is 0 Å². The van der Waals surface area contributed by atoms with E-state index >= 15 is 0 Å². The Bertz CT molecular complexity index is 470. The molecule has 5 nitrogen and oxygen atoms in total. The molecule has 0 saturated carbocycles. The van der Waals surface area contributed by atoms with Crippen LogP contribution in [-0.2, 0) is 13.5 Å². The number of aromatic amines is 1. The highest BCUT2D eigenvalue weighted by molar-refractivity contribution is 5.27. The van der Waals surface area contributed by atoms with E-state index in [1.165, 1.54) is 5.69 Å². The number of fused-ring (bicyclic) bond motifs is 1. The van der Waals surface area contributed by atoms with Crippen LogP contribution in [0.1, 0.15) is 23.1 Å². The van der Waals surface area contributed by atoms with Crippen LogP contribution in [0.2, 0.25) is 0 Å². The lowest BCUT2D eigenvalue weighted by Gasteiger charge is -2.21. The van der Waals surface area contributed by atoms with Gasteiger partial charge in [-0.15, -0.1) is 0 Å². The summed E-state index contributed by atoms with van der Waals surface area (Å²) in [4.78, 5) is 11.9. The fourth-order valence-electron chi connectivity index (χ4n) is 2.05. The van der Waals surface area contributed by atoms with E-state index in [2.05, 4.69) is 20.3 Å². The average molecular weight is 203 g/mol. The molecule has 2 aromatic rings. The van der Waals surface area contributed by atoms with Crippen LogP contribution in [0.5, 0.6) is 0 Å². The lowest BCUT2D eigenvalue weighted by Crippen LogP contribution is -2.30. The van der Waals surface area contributed by atoms with Crippen molar-refractivity contribution in [2.24, 2.45) is 7.05 Å². The highest BCUT2D eigenvalue weighted by atomic mass is 15.1. The molecule has 0 aliphatic carbocycles. The molecule has 3 rings (SSSR count). The molecular formula is C10H13N5. The van der Waals surface area contributed by atoms with Crippen molar-refractivity contribution >= 4 is 0 Å². The van der Waals surface area contributed by atoms with Gasteiger partial charge in [-0.05, 0) is 0 Å². The van der Waals surface area contributed by atoms with E-state index in [0.29, 0.717) is 0 Å². The van der Waals surface area contributed by atoms with E-state index in [1.807, 2.05) is 24.1 Å². The molecule has 2 aromatic heterocycles. The summed E-state index contributed by atoms with van der Waals surface area (Å²) in [5.74, 6) is 0. The van der Waals surface area contributed by atoms with Crippen molar-refractivity contribution < 1.29 is 0 Å². The fraction of sp³-hybridized carbons (Fsp3) is 0.400. The molecule has 2 N–H and O–H groups in total. The van der Waals surface area contributed by atoms with Gasteiger partial charge in [0.1, 0.15) is 0 Å². The van der Waals surface area contributed by atoms with Crippen LogP contribution in [0.25, 0.3) is 0 Å². The average Bonchev–Trinajstić information content (AvgIpc) is 2.84. The number of hydrogen-bond acceptors (Lipinski definition) is 3. The minimum Gasteiger partial charge on any atom is -0.348 e. The van der Waals surface area contributed by atoms with Crippen LogP contribution in [0.4, 0.5) is 0 Å². The molecule has 0 spiro atoms. The Morgan fingerprint density at radius 2 is 2.40 bits per heavy atom. The molecule has 0 radical (unpaired) electrons. The maximum Gasteiger partial charge on any atom is 0.0959 e. The van der Waals surface area contributed by atoms with Gasteiger partial charge < -0.3 is 14.9 Å². The maximum absolute atomic E-state index is 4.36. The van der Waals surface area contributed by atoms with Crippen molar-refractivity contribution in [3.8, 4) is 0 Å². The minimum atomic E-state index is 0.140. The predicted molar refractivity (Wildman–Crippen MR) is 55.3 cm³/mol. The zero-order valence-corrected chi connectivity index (χ0v) is 8.57. The van der Waals surface area contributed by atoms with Gasteiger partial charge in [-0.1, -0.05) is 0 Å². The Labute approximate surface area is 87.6 Å². The van der Waals surface area contributed by atoms with E-state index < -0.39 is 0 Å². The second-order valence-electron chi connectivity index (χ2n) is 3.87. The number of rotatable bonds is 1. The molecule has 1 aliphatic heterocycles. The second-order valence-corrected chi connectivity index (χ2v) is 3.87. The minimum absolute atomic E-state index is 0.140. The van der Waals surface area contributed by atoms with Gasteiger partial charge in [0.15, 0.2) is 0 Å². The normalized spacial score (nSPS) is 20.2. The van der Waals surface area contributed by atoms with Crippen LogP contribution >= 0.6 is 0 Å². The molecule has 15 heavy (non-hydrogen) atoms. The van der Waals surface area contributed by atoms with Gasteiger partial charge in [-0.25, -0.2) is 9.97 Å². The first-order valence-electron chi connectivity index (χ1n) is 5.08. The molecule has 5 heteroatoms. The third-order valence-corrected chi connectivity index (χ3v) is 2.77. The Kier molecular flexibility index (Phi) is 1.85. The summed E-state index contributed by atoms with van der Waals surface area (Å²) in [6, 6.07) is 0.140. The first kappa shape index (κ1) is 8.67. The van der Waals surface area contributed by atoms with Gasteiger partial charge in [0.05, 0.1) is 30.1 Å². The van der Waals surface area contributed by atoms with E-state index in [4.69, 9.17) is 0 Å². The zero-order chi connectivity index (χ0) is 10.3.